The lowest BCUT2D eigenvalue weighted by Gasteiger charge is -2.13. The Balaban J connectivity index is 1.97. The average Bonchev–Trinajstić information content (AvgIpc) is 2.48. The van der Waals surface area contributed by atoms with E-state index in [2.05, 4.69) is 20.7 Å². The van der Waals surface area contributed by atoms with Crippen LogP contribution in [0.15, 0.2) is 57.9 Å². The van der Waals surface area contributed by atoms with Gasteiger partial charge in [0.2, 0.25) is 10.0 Å². The molecule has 0 saturated carbocycles. The standard InChI is InChI=1S/C16H19BrN2O2S/c1-19(2)14-9-7-13(8-10-14)11-12-18-22(20,21)16-6-4-3-5-15(16)17/h3-10,18H,11-12H2,1-2H3. The second kappa shape index (κ2) is 7.26. The first-order valence-corrected chi connectivity index (χ1v) is 9.18. The molecule has 0 aromatic heterocycles. The van der Waals surface area contributed by atoms with Gasteiger partial charge in [-0.1, -0.05) is 24.3 Å². The highest BCUT2D eigenvalue weighted by Gasteiger charge is 2.16. The Bertz CT molecular complexity index is 728. The lowest BCUT2D eigenvalue weighted by atomic mass is 10.1. The molecule has 0 aliphatic heterocycles. The summed E-state index contributed by atoms with van der Waals surface area (Å²) in [4.78, 5) is 2.29. The zero-order chi connectivity index (χ0) is 16.2. The summed E-state index contributed by atoms with van der Waals surface area (Å²) in [5.74, 6) is 0. The zero-order valence-electron chi connectivity index (χ0n) is 12.6. The number of hydrogen-bond donors (Lipinski definition) is 1. The van der Waals surface area contributed by atoms with Crippen LogP contribution in [0.3, 0.4) is 0 Å². The Morgan fingerprint density at radius 2 is 1.68 bits per heavy atom. The summed E-state index contributed by atoms with van der Waals surface area (Å²) in [7, 11) is 0.486. The maximum atomic E-state index is 12.2. The van der Waals surface area contributed by atoms with Gasteiger partial charge in [0.1, 0.15) is 0 Å². The van der Waals surface area contributed by atoms with Gasteiger partial charge in [0.15, 0.2) is 0 Å². The third-order valence-electron chi connectivity index (χ3n) is 3.28. The van der Waals surface area contributed by atoms with E-state index in [1.807, 2.05) is 43.3 Å². The monoisotopic (exact) mass is 382 g/mol. The predicted octanol–water partition coefficient (Wildman–Crippen LogP) is 3.04. The third kappa shape index (κ3) is 4.32. The summed E-state index contributed by atoms with van der Waals surface area (Å²) in [5.41, 5.74) is 2.22. The molecule has 0 aliphatic carbocycles. The molecule has 0 radical (unpaired) electrons. The van der Waals surface area contributed by atoms with Crippen LogP contribution in [0.2, 0.25) is 0 Å². The molecule has 22 heavy (non-hydrogen) atoms. The lowest BCUT2D eigenvalue weighted by molar-refractivity contribution is 0.581. The number of rotatable bonds is 6. The molecule has 0 aliphatic rings. The second-order valence-electron chi connectivity index (χ2n) is 5.14. The third-order valence-corrected chi connectivity index (χ3v) is 5.76. The molecule has 2 rings (SSSR count). The molecular weight excluding hydrogens is 364 g/mol. The molecule has 0 bridgehead atoms. The summed E-state index contributed by atoms with van der Waals surface area (Å²) in [6.07, 6.45) is 0.650. The molecular formula is C16H19BrN2O2S. The molecule has 0 atom stereocenters. The SMILES string of the molecule is CN(C)c1ccc(CCNS(=O)(=O)c2ccccc2Br)cc1. The Morgan fingerprint density at radius 1 is 1.05 bits per heavy atom. The molecule has 4 nitrogen and oxygen atoms in total. The van der Waals surface area contributed by atoms with Gasteiger partial charge in [-0.25, -0.2) is 13.1 Å². The quantitative estimate of drug-likeness (QED) is 0.834. The van der Waals surface area contributed by atoms with Crippen molar-refractivity contribution in [3.05, 3.63) is 58.6 Å². The number of nitrogens with zero attached hydrogens (tertiary/aromatic N) is 1. The van der Waals surface area contributed by atoms with Gasteiger partial charge in [0.05, 0.1) is 4.90 Å². The fourth-order valence-electron chi connectivity index (χ4n) is 2.03. The number of halogens is 1. The van der Waals surface area contributed by atoms with Crippen LogP contribution in [0.4, 0.5) is 5.69 Å². The molecule has 2 aromatic carbocycles. The van der Waals surface area contributed by atoms with Gasteiger partial charge in [0.25, 0.3) is 0 Å². The van der Waals surface area contributed by atoms with Crippen molar-refractivity contribution >= 4 is 31.6 Å². The highest BCUT2D eigenvalue weighted by Crippen LogP contribution is 2.20. The van der Waals surface area contributed by atoms with Gasteiger partial charge in [-0.2, -0.15) is 0 Å². The van der Waals surface area contributed by atoms with E-state index < -0.39 is 10.0 Å². The largest absolute Gasteiger partial charge is 0.378 e. The van der Waals surface area contributed by atoms with Crippen LogP contribution in [0, 0.1) is 0 Å². The molecule has 1 N–H and O–H groups in total. The lowest BCUT2D eigenvalue weighted by Crippen LogP contribution is -2.26. The topological polar surface area (TPSA) is 49.4 Å². The van der Waals surface area contributed by atoms with Crippen LogP contribution < -0.4 is 9.62 Å². The minimum atomic E-state index is -3.49. The minimum Gasteiger partial charge on any atom is -0.378 e. The molecule has 0 spiro atoms. The van der Waals surface area contributed by atoms with Crippen LogP contribution in [-0.2, 0) is 16.4 Å². The van der Waals surface area contributed by atoms with Crippen molar-refractivity contribution in [1.82, 2.24) is 4.72 Å². The average molecular weight is 383 g/mol. The van der Waals surface area contributed by atoms with Crippen LogP contribution in [0.25, 0.3) is 0 Å². The fourth-order valence-corrected chi connectivity index (χ4v) is 4.06. The van der Waals surface area contributed by atoms with Crippen LogP contribution in [0.1, 0.15) is 5.56 Å². The van der Waals surface area contributed by atoms with Gasteiger partial charge in [-0.3, -0.25) is 0 Å². The van der Waals surface area contributed by atoms with Crippen LogP contribution >= 0.6 is 15.9 Å². The van der Waals surface area contributed by atoms with Gasteiger partial charge in [0, 0.05) is 30.8 Å². The summed E-state index contributed by atoms with van der Waals surface area (Å²) >= 11 is 3.27. The van der Waals surface area contributed by atoms with Crippen molar-refractivity contribution < 1.29 is 8.42 Å². The first kappa shape index (κ1) is 17.0. The van der Waals surface area contributed by atoms with Crippen molar-refractivity contribution in [3.8, 4) is 0 Å². The van der Waals surface area contributed by atoms with Crippen molar-refractivity contribution in [2.24, 2.45) is 0 Å². The second-order valence-corrected chi connectivity index (χ2v) is 7.73. The van der Waals surface area contributed by atoms with Crippen molar-refractivity contribution in [1.29, 1.82) is 0 Å². The van der Waals surface area contributed by atoms with Crippen molar-refractivity contribution in [2.75, 3.05) is 25.5 Å². The Morgan fingerprint density at radius 3 is 2.27 bits per heavy atom. The van der Waals surface area contributed by atoms with E-state index in [9.17, 15) is 8.42 Å². The van der Waals surface area contributed by atoms with Crippen molar-refractivity contribution in [3.63, 3.8) is 0 Å². The normalized spacial score (nSPS) is 11.4. The molecule has 6 heteroatoms. The highest BCUT2D eigenvalue weighted by molar-refractivity contribution is 9.10. The Labute approximate surface area is 140 Å². The summed E-state index contributed by atoms with van der Waals surface area (Å²) in [6, 6.07) is 14.9. The number of anilines is 1. The van der Waals surface area contributed by atoms with E-state index in [1.165, 1.54) is 0 Å². The number of benzene rings is 2. The molecule has 2 aromatic rings. The van der Waals surface area contributed by atoms with Gasteiger partial charge in [-0.05, 0) is 52.2 Å². The van der Waals surface area contributed by atoms with E-state index in [4.69, 9.17) is 0 Å². The molecule has 0 saturated heterocycles. The minimum absolute atomic E-state index is 0.262. The first-order chi connectivity index (χ1) is 10.4. The fraction of sp³-hybridized carbons (Fsp3) is 0.250. The van der Waals surface area contributed by atoms with E-state index in [1.54, 1.807) is 24.3 Å². The van der Waals surface area contributed by atoms with E-state index in [0.29, 0.717) is 17.4 Å². The van der Waals surface area contributed by atoms with Gasteiger partial charge >= 0.3 is 0 Å². The highest BCUT2D eigenvalue weighted by atomic mass is 79.9. The molecule has 0 unspecified atom stereocenters. The molecule has 0 heterocycles. The number of hydrogen-bond acceptors (Lipinski definition) is 3. The summed E-state index contributed by atoms with van der Waals surface area (Å²) in [6.45, 7) is 0.366. The zero-order valence-corrected chi connectivity index (χ0v) is 15.0. The van der Waals surface area contributed by atoms with E-state index in [0.717, 1.165) is 11.3 Å². The van der Waals surface area contributed by atoms with Gasteiger partial charge < -0.3 is 4.90 Å². The maximum absolute atomic E-state index is 12.2. The van der Waals surface area contributed by atoms with Crippen LogP contribution in [0.5, 0.6) is 0 Å². The molecule has 0 fully saturated rings. The maximum Gasteiger partial charge on any atom is 0.241 e. The van der Waals surface area contributed by atoms with Crippen molar-refractivity contribution in [2.45, 2.75) is 11.3 Å². The summed E-state index contributed by atoms with van der Waals surface area (Å²) in [5, 5.41) is 0. The van der Waals surface area contributed by atoms with E-state index in [-0.39, 0.29) is 4.90 Å². The Hall–Kier alpha value is -1.37. The van der Waals surface area contributed by atoms with Crippen LogP contribution in [-0.4, -0.2) is 29.1 Å². The smallest absolute Gasteiger partial charge is 0.241 e. The molecule has 118 valence electrons. The number of nitrogens with one attached hydrogen (secondary N) is 1. The summed E-state index contributed by atoms with van der Waals surface area (Å²) < 4.78 is 27.7. The predicted molar refractivity (Wildman–Crippen MR) is 93.8 cm³/mol. The van der Waals surface area contributed by atoms with E-state index >= 15 is 0 Å². The number of sulfonamides is 1. The first-order valence-electron chi connectivity index (χ1n) is 6.90. The Kier molecular flexibility index (Phi) is 5.61. The van der Waals surface area contributed by atoms with Gasteiger partial charge in [-0.15, -0.1) is 0 Å². The molecule has 0 amide bonds.